The highest BCUT2D eigenvalue weighted by atomic mass is 79.9. The number of halogens is 1. The van der Waals surface area contributed by atoms with E-state index in [0.29, 0.717) is 6.61 Å². The fraction of sp³-hybridized carbons (Fsp3) is 0.600. The Bertz CT molecular complexity index is 167. The molecule has 0 heterocycles. The summed E-state index contributed by atoms with van der Waals surface area (Å²) in [6, 6.07) is 0. The van der Waals surface area contributed by atoms with E-state index in [4.69, 9.17) is 3.83 Å². The molecule has 0 radical (unpaired) electrons. The molecule has 0 spiro atoms. The Morgan fingerprint density at radius 2 is 1.92 bits per heavy atom. The molecule has 0 aliphatic rings. The van der Waals surface area contributed by atoms with Crippen molar-refractivity contribution >= 4 is 16.3 Å². The fourth-order valence-electron chi connectivity index (χ4n) is 0.864. The Kier molecular flexibility index (Phi) is 7.51. The summed E-state index contributed by atoms with van der Waals surface area (Å²) in [7, 11) is 0. The molecule has 0 atom stereocenters. The summed E-state index contributed by atoms with van der Waals surface area (Å²) in [5.74, 6) is 0. The third kappa shape index (κ3) is 8.02. The third-order valence-corrected chi connectivity index (χ3v) is 1.85. The normalized spacial score (nSPS) is 11.5. The second-order valence-corrected chi connectivity index (χ2v) is 3.60. The lowest BCUT2D eigenvalue weighted by atomic mass is 10.1. The van der Waals surface area contributed by atoms with Gasteiger partial charge >= 0.3 is 0 Å². The number of allylic oxidation sites excluding steroid dienone is 3. The van der Waals surface area contributed by atoms with Crippen molar-refractivity contribution in [2.75, 3.05) is 6.61 Å². The van der Waals surface area contributed by atoms with Gasteiger partial charge in [-0.1, -0.05) is 23.3 Å². The van der Waals surface area contributed by atoms with E-state index < -0.39 is 0 Å². The Morgan fingerprint density at radius 1 is 1.25 bits per heavy atom. The van der Waals surface area contributed by atoms with Crippen LogP contribution in [0.4, 0.5) is 0 Å². The molecule has 1 nitrogen and oxygen atoms in total. The van der Waals surface area contributed by atoms with Crippen molar-refractivity contribution in [3.8, 4) is 0 Å². The molecule has 70 valence electrons. The molecule has 0 aromatic heterocycles. The highest BCUT2D eigenvalue weighted by Crippen LogP contribution is 2.06. The van der Waals surface area contributed by atoms with Crippen molar-refractivity contribution in [1.82, 2.24) is 0 Å². The predicted octanol–water partition coefficient (Wildman–Crippen LogP) is 4.01. The SMILES string of the molecule is CC(C)=CCC/C(C)=C/COBr. The molecule has 2 heteroatoms. The molecule has 0 aliphatic carbocycles. The highest BCUT2D eigenvalue weighted by molar-refractivity contribution is 9.06. The summed E-state index contributed by atoms with van der Waals surface area (Å²) < 4.78 is 4.76. The molecule has 0 aliphatic heterocycles. The first-order valence-electron chi connectivity index (χ1n) is 4.19. The van der Waals surface area contributed by atoms with Crippen molar-refractivity contribution in [2.24, 2.45) is 0 Å². The van der Waals surface area contributed by atoms with Crippen LogP contribution in [-0.2, 0) is 3.83 Å². The van der Waals surface area contributed by atoms with Crippen LogP contribution >= 0.6 is 16.3 Å². The van der Waals surface area contributed by atoms with E-state index >= 15 is 0 Å². The monoisotopic (exact) mass is 232 g/mol. The first-order valence-corrected chi connectivity index (χ1v) is 4.84. The van der Waals surface area contributed by atoms with Crippen LogP contribution in [0.3, 0.4) is 0 Å². The van der Waals surface area contributed by atoms with Crippen LogP contribution in [0.25, 0.3) is 0 Å². The third-order valence-electron chi connectivity index (χ3n) is 1.59. The summed E-state index contributed by atoms with van der Waals surface area (Å²) in [6.45, 7) is 7.03. The van der Waals surface area contributed by atoms with Gasteiger partial charge in [-0.05, 0) is 33.6 Å². The largest absolute Gasteiger partial charge is 0.304 e. The van der Waals surface area contributed by atoms with Crippen LogP contribution in [0.2, 0.25) is 0 Å². The van der Waals surface area contributed by atoms with E-state index in [9.17, 15) is 0 Å². The second-order valence-electron chi connectivity index (χ2n) is 3.15. The average molecular weight is 233 g/mol. The van der Waals surface area contributed by atoms with Gasteiger partial charge in [-0.2, -0.15) is 0 Å². The lowest BCUT2D eigenvalue weighted by Gasteiger charge is -1.97. The van der Waals surface area contributed by atoms with E-state index in [1.165, 1.54) is 11.1 Å². The van der Waals surface area contributed by atoms with E-state index in [2.05, 4.69) is 49.2 Å². The van der Waals surface area contributed by atoms with Gasteiger partial charge in [-0.15, -0.1) is 0 Å². The molecule has 0 fully saturated rings. The maximum absolute atomic E-state index is 4.76. The Morgan fingerprint density at radius 3 is 2.42 bits per heavy atom. The summed E-state index contributed by atoms with van der Waals surface area (Å²) in [6.07, 6.45) is 6.61. The van der Waals surface area contributed by atoms with Crippen LogP contribution in [0.15, 0.2) is 23.3 Å². The summed E-state index contributed by atoms with van der Waals surface area (Å²) in [4.78, 5) is 0. The van der Waals surface area contributed by atoms with E-state index in [1.807, 2.05) is 0 Å². The molecule has 0 bridgehead atoms. The zero-order valence-electron chi connectivity index (χ0n) is 8.06. The molecule has 12 heavy (non-hydrogen) atoms. The Labute approximate surface area is 84.0 Å². The lowest BCUT2D eigenvalue weighted by Crippen LogP contribution is -1.81. The molecule has 0 saturated carbocycles. The minimum absolute atomic E-state index is 0.653. The molecule has 0 N–H and O–H groups in total. The van der Waals surface area contributed by atoms with Crippen LogP contribution in [0.1, 0.15) is 33.6 Å². The summed E-state index contributed by atoms with van der Waals surface area (Å²) in [5, 5.41) is 0. The quantitative estimate of drug-likeness (QED) is 0.652. The minimum Gasteiger partial charge on any atom is -0.304 e. The van der Waals surface area contributed by atoms with Gasteiger partial charge in [0.05, 0.1) is 22.9 Å². The van der Waals surface area contributed by atoms with Gasteiger partial charge in [0.2, 0.25) is 0 Å². The maximum atomic E-state index is 4.76. The Hall–Kier alpha value is -0.0800. The van der Waals surface area contributed by atoms with Gasteiger partial charge in [0.15, 0.2) is 0 Å². The fourth-order valence-corrected chi connectivity index (χ4v) is 0.996. The molecule has 0 aromatic rings. The van der Waals surface area contributed by atoms with Gasteiger partial charge < -0.3 is 3.83 Å². The van der Waals surface area contributed by atoms with Crippen LogP contribution < -0.4 is 0 Å². The zero-order chi connectivity index (χ0) is 9.40. The van der Waals surface area contributed by atoms with Crippen molar-refractivity contribution in [2.45, 2.75) is 33.6 Å². The molecule has 0 rings (SSSR count). The van der Waals surface area contributed by atoms with E-state index in [1.54, 1.807) is 0 Å². The average Bonchev–Trinajstić information content (AvgIpc) is 2.00. The van der Waals surface area contributed by atoms with Crippen molar-refractivity contribution in [3.05, 3.63) is 23.3 Å². The number of hydrogen-bond acceptors (Lipinski definition) is 1. The molecule has 0 unspecified atom stereocenters. The maximum Gasteiger partial charge on any atom is 0.0991 e. The Balaban J connectivity index is 3.56. The molecular weight excluding hydrogens is 216 g/mol. The number of hydrogen-bond donors (Lipinski definition) is 0. The van der Waals surface area contributed by atoms with Crippen molar-refractivity contribution in [1.29, 1.82) is 0 Å². The van der Waals surface area contributed by atoms with Gasteiger partial charge in [-0.25, -0.2) is 0 Å². The summed E-state index contributed by atoms with van der Waals surface area (Å²) >= 11 is 2.91. The van der Waals surface area contributed by atoms with Crippen LogP contribution in [-0.4, -0.2) is 6.61 Å². The van der Waals surface area contributed by atoms with Crippen molar-refractivity contribution in [3.63, 3.8) is 0 Å². The zero-order valence-corrected chi connectivity index (χ0v) is 9.65. The molecular formula is C10H17BrO. The standard InChI is InChI=1S/C10H17BrO/c1-9(2)5-4-6-10(3)7-8-12-11/h5,7H,4,6,8H2,1-3H3/b10-7+. The van der Waals surface area contributed by atoms with Gasteiger partial charge in [0.25, 0.3) is 0 Å². The van der Waals surface area contributed by atoms with Gasteiger partial charge in [-0.3, -0.25) is 0 Å². The molecule has 0 aromatic carbocycles. The summed E-state index contributed by atoms with van der Waals surface area (Å²) in [5.41, 5.74) is 2.77. The minimum atomic E-state index is 0.653. The second kappa shape index (κ2) is 7.56. The highest BCUT2D eigenvalue weighted by Gasteiger charge is 1.87. The van der Waals surface area contributed by atoms with Gasteiger partial charge in [0, 0.05) is 0 Å². The van der Waals surface area contributed by atoms with E-state index in [-0.39, 0.29) is 0 Å². The molecule has 0 amide bonds. The van der Waals surface area contributed by atoms with Crippen molar-refractivity contribution < 1.29 is 3.83 Å². The number of rotatable bonds is 5. The van der Waals surface area contributed by atoms with E-state index in [0.717, 1.165) is 12.8 Å². The topological polar surface area (TPSA) is 9.23 Å². The first kappa shape index (κ1) is 11.9. The smallest absolute Gasteiger partial charge is 0.0991 e. The van der Waals surface area contributed by atoms with Crippen LogP contribution in [0, 0.1) is 0 Å². The van der Waals surface area contributed by atoms with Crippen LogP contribution in [0.5, 0.6) is 0 Å². The first-order chi connectivity index (χ1) is 5.66. The van der Waals surface area contributed by atoms with Gasteiger partial charge in [0.1, 0.15) is 0 Å². The molecule has 0 saturated heterocycles. The predicted molar refractivity (Wildman–Crippen MR) is 57.3 cm³/mol. The lowest BCUT2D eigenvalue weighted by molar-refractivity contribution is 0.453.